The second kappa shape index (κ2) is 30.8. The van der Waals surface area contributed by atoms with Gasteiger partial charge < -0.3 is 30.4 Å². The predicted molar refractivity (Wildman–Crippen MR) is 327 cm³/mol. The van der Waals surface area contributed by atoms with E-state index >= 15 is 0 Å². The Hall–Kier alpha value is -4.67. The van der Waals surface area contributed by atoms with E-state index in [9.17, 15) is 30.0 Å². The van der Waals surface area contributed by atoms with Crippen molar-refractivity contribution in [2.24, 2.45) is 0 Å². The molecule has 19 nitrogen and oxygen atoms in total. The molecule has 3 aromatic carbocycles. The number of ether oxygens (including phenoxy) is 4. The van der Waals surface area contributed by atoms with Gasteiger partial charge in [0.1, 0.15) is 44.7 Å². The third-order valence-electron chi connectivity index (χ3n) is 9.47. The highest BCUT2D eigenvalue weighted by atomic mass is 79.9. The van der Waals surface area contributed by atoms with Crippen molar-refractivity contribution in [1.29, 1.82) is 0 Å². The molecule has 0 saturated heterocycles. The maximum atomic E-state index is 13.2. The molecule has 4 aromatic heterocycles. The number of pyridine rings is 4. The number of nitrogen functional groups attached to an aromatic ring is 2. The number of benzene rings is 3. The number of carbonyl (C=O) groups is 1. The van der Waals surface area contributed by atoms with Gasteiger partial charge in [0, 0.05) is 66.3 Å². The van der Waals surface area contributed by atoms with Gasteiger partial charge in [0.05, 0.1) is 80.2 Å². The second-order valence-electron chi connectivity index (χ2n) is 16.9. The van der Waals surface area contributed by atoms with Crippen LogP contribution in [0.4, 0.5) is 22.9 Å². The van der Waals surface area contributed by atoms with Gasteiger partial charge in [-0.1, -0.05) is 69.6 Å². The molecule has 0 radical (unpaired) electrons. The summed E-state index contributed by atoms with van der Waals surface area (Å²) in [6.45, 7) is 10.6. The van der Waals surface area contributed by atoms with Crippen LogP contribution in [0.2, 0.25) is 30.1 Å². The lowest BCUT2D eigenvalue weighted by molar-refractivity contribution is 0.103. The third kappa shape index (κ3) is 20.9. The van der Waals surface area contributed by atoms with Crippen molar-refractivity contribution in [2.75, 3.05) is 34.3 Å². The van der Waals surface area contributed by atoms with Crippen LogP contribution in [-0.2, 0) is 33.8 Å². The zero-order chi connectivity index (χ0) is 60.7. The lowest BCUT2D eigenvalue weighted by atomic mass is 10.1. The summed E-state index contributed by atoms with van der Waals surface area (Å²) in [5.74, 6) is 0.397. The normalized spacial score (nSPS) is 11.3. The van der Waals surface area contributed by atoms with E-state index in [0.717, 1.165) is 4.31 Å². The summed E-state index contributed by atoms with van der Waals surface area (Å²) in [7, 11) is -5.28. The number of carbonyl (C=O) groups excluding carboxylic acids is 1. The molecule has 0 amide bonds. The number of nitrogens with two attached hydrogens (primary N) is 2. The number of ketones is 1. The summed E-state index contributed by atoms with van der Waals surface area (Å²) in [4.78, 5) is 28.5. The number of anilines is 4. The van der Waals surface area contributed by atoms with Crippen LogP contribution < -0.4 is 34.7 Å². The van der Waals surface area contributed by atoms with Crippen LogP contribution in [0.1, 0.15) is 57.6 Å². The number of sulfonamides is 2. The molecular weight excluding hydrogens is 1390 g/mol. The number of hydrogen-bond donors (Lipinski definition) is 3. The molecule has 0 atom stereocenters. The second-order valence-corrected chi connectivity index (χ2v) is 27.1. The van der Waals surface area contributed by atoms with Crippen LogP contribution in [0, 0.1) is 0 Å². The largest absolute Gasteiger partial charge is 0.489 e. The number of nitrogens with zero attached hydrogens (tertiary/aromatic N) is 5. The Morgan fingerprint density at radius 1 is 0.605 bits per heavy atom. The van der Waals surface area contributed by atoms with Crippen LogP contribution >= 0.6 is 112 Å². The van der Waals surface area contributed by atoms with Crippen molar-refractivity contribution in [2.45, 2.75) is 74.5 Å². The van der Waals surface area contributed by atoms with E-state index in [1.165, 1.54) is 111 Å². The van der Waals surface area contributed by atoms with E-state index in [2.05, 4.69) is 56.5 Å². The van der Waals surface area contributed by atoms with Crippen molar-refractivity contribution in [3.05, 3.63) is 160 Å². The fourth-order valence-electron chi connectivity index (χ4n) is 6.13. The standard InChI is InChI=1S/C20H18Cl2N4O4S.C16H17BrCl2N2O4S.C9H10Cl2O3S.C5H4BrClN2/c1-11(2)30-17-9-14(3-4-15(17)22)31(28,29)26-16-8-13(21)10-25-19(16)20(27)12-5-6-24-18(23)7-12;1-10(2)25-15-7-12(4-5-13(15)19)26(22,23)21(9-24-3)14-6-11(18)8-20-16(14)17;1-6(2)14-9-5-7(15(11,12)13)3-4-8(9)10;6-5-4(8)1-3(7)2-9-5/h3-11,26H,1-2H3,(H2,23,24);4-8,10H,9H2,1-3H3;3-6H,1-2H3;1-2H,8H2. The lowest BCUT2D eigenvalue weighted by Gasteiger charge is -2.24. The smallest absolute Gasteiger partial charge is 0.266 e. The van der Waals surface area contributed by atoms with E-state index in [0.29, 0.717) is 40.7 Å². The summed E-state index contributed by atoms with van der Waals surface area (Å²) in [6, 6.07) is 19.6. The maximum absolute atomic E-state index is 13.2. The Labute approximate surface area is 520 Å². The third-order valence-corrected chi connectivity index (χ3v) is 16.7. The van der Waals surface area contributed by atoms with Gasteiger partial charge in [-0.2, -0.15) is 0 Å². The van der Waals surface area contributed by atoms with E-state index in [-0.39, 0.29) is 89.7 Å². The first-order chi connectivity index (χ1) is 37.7. The molecule has 4 heterocycles. The topological polar surface area (TPSA) is 275 Å². The molecule has 0 unspecified atom stereocenters. The van der Waals surface area contributed by atoms with E-state index in [1.54, 1.807) is 19.9 Å². The zero-order valence-electron chi connectivity index (χ0n) is 43.3. The average Bonchev–Trinajstić information content (AvgIpc) is 3.48. The summed E-state index contributed by atoms with van der Waals surface area (Å²) < 4.78 is 100. The molecule has 0 bridgehead atoms. The molecule has 0 saturated carbocycles. The molecule has 0 aliphatic rings. The molecule has 0 aliphatic heterocycles. The molecule has 31 heteroatoms. The van der Waals surface area contributed by atoms with Gasteiger partial charge >= 0.3 is 0 Å². The molecule has 0 aliphatic carbocycles. The lowest BCUT2D eigenvalue weighted by Crippen LogP contribution is -2.33. The Balaban J connectivity index is 0.000000253. The average molecular weight is 1440 g/mol. The highest BCUT2D eigenvalue weighted by molar-refractivity contribution is 9.10. The first-order valence-electron chi connectivity index (χ1n) is 22.9. The van der Waals surface area contributed by atoms with Crippen LogP contribution in [-0.4, -0.2) is 83.1 Å². The Morgan fingerprint density at radius 3 is 1.54 bits per heavy atom. The number of rotatable bonds is 17. The Bertz CT molecular complexity index is 3710. The van der Waals surface area contributed by atoms with Gasteiger partial charge in [-0.3, -0.25) is 9.52 Å². The van der Waals surface area contributed by atoms with Crippen molar-refractivity contribution in [3.8, 4) is 17.2 Å². The predicted octanol–water partition coefficient (Wildman–Crippen LogP) is 14.1. The van der Waals surface area contributed by atoms with Gasteiger partial charge in [-0.25, -0.2) is 49.5 Å². The number of nitrogens with one attached hydrogen (secondary N) is 1. The van der Waals surface area contributed by atoms with Crippen molar-refractivity contribution in [1.82, 2.24) is 19.9 Å². The van der Waals surface area contributed by atoms with E-state index in [1.807, 2.05) is 27.7 Å². The number of halogens is 9. The molecular formula is C50H49Br2Cl7N8O11S3. The van der Waals surface area contributed by atoms with Crippen LogP contribution in [0.25, 0.3) is 0 Å². The molecule has 5 N–H and O–H groups in total. The maximum Gasteiger partial charge on any atom is 0.266 e. The van der Waals surface area contributed by atoms with Crippen LogP contribution in [0.3, 0.4) is 0 Å². The van der Waals surface area contributed by atoms with Gasteiger partial charge in [-0.05, 0) is 140 Å². The van der Waals surface area contributed by atoms with Gasteiger partial charge in [-0.15, -0.1) is 0 Å². The molecule has 436 valence electrons. The zero-order valence-corrected chi connectivity index (χ0v) is 54.3. The number of hydrogen-bond acceptors (Lipinski definition) is 17. The Morgan fingerprint density at radius 2 is 1.06 bits per heavy atom. The Kier molecular flexibility index (Phi) is 26.1. The van der Waals surface area contributed by atoms with Gasteiger partial charge in [0.2, 0.25) is 5.78 Å². The molecule has 7 aromatic rings. The fourth-order valence-corrected chi connectivity index (χ4v) is 11.1. The minimum absolute atomic E-state index is 0.00137. The van der Waals surface area contributed by atoms with Crippen molar-refractivity contribution < 1.29 is 49.0 Å². The molecule has 81 heavy (non-hydrogen) atoms. The van der Waals surface area contributed by atoms with E-state index < -0.39 is 34.9 Å². The van der Waals surface area contributed by atoms with Crippen LogP contribution in [0.5, 0.6) is 17.2 Å². The summed E-state index contributed by atoms with van der Waals surface area (Å²) in [6.07, 6.45) is 5.09. The number of methoxy groups -OCH3 is 1. The fraction of sp³-hybridized carbons (Fsp3) is 0.220. The van der Waals surface area contributed by atoms with E-state index in [4.69, 9.17) is 111 Å². The van der Waals surface area contributed by atoms with Crippen LogP contribution in [0.15, 0.2) is 134 Å². The highest BCUT2D eigenvalue weighted by Gasteiger charge is 2.29. The minimum atomic E-state index is -4.13. The number of aromatic nitrogens is 4. The van der Waals surface area contributed by atoms with Crippen molar-refractivity contribution >= 4 is 170 Å². The van der Waals surface area contributed by atoms with Gasteiger partial charge in [0.15, 0.2) is 0 Å². The van der Waals surface area contributed by atoms with Gasteiger partial charge in [0.25, 0.3) is 29.1 Å². The minimum Gasteiger partial charge on any atom is -0.489 e. The van der Waals surface area contributed by atoms with Crippen molar-refractivity contribution in [3.63, 3.8) is 0 Å². The first-order valence-corrected chi connectivity index (χ1v) is 32.0. The summed E-state index contributed by atoms with van der Waals surface area (Å²) in [5, 5.41) is 1.93. The SMILES string of the molecule is CC(C)Oc1cc(S(=O)(=O)Cl)ccc1Cl.CC(C)Oc1cc(S(=O)(=O)Nc2cc(Cl)cnc2C(=O)c2ccnc(N)c2)ccc1Cl.COCN(c1cc(Cl)cnc1Br)S(=O)(=O)c1ccc(Cl)c(OC(C)C)c1.Nc1cc(Cl)cnc1Br. The monoisotopic (exact) mass is 1440 g/mol. The quantitative estimate of drug-likeness (QED) is 0.0331. The molecule has 0 spiro atoms. The summed E-state index contributed by atoms with van der Waals surface area (Å²) >= 11 is 41.9. The first kappa shape index (κ1) is 68.8. The molecule has 0 fully saturated rings. The highest BCUT2D eigenvalue weighted by Crippen LogP contribution is 2.36. The summed E-state index contributed by atoms with van der Waals surface area (Å²) in [5.41, 5.74) is 11.8. The molecule has 7 rings (SSSR count).